The van der Waals surface area contributed by atoms with Gasteiger partial charge in [0.05, 0.1) is 0 Å². The summed E-state index contributed by atoms with van der Waals surface area (Å²) >= 11 is 0. The Hall–Kier alpha value is -1.83. The van der Waals surface area contributed by atoms with Crippen molar-refractivity contribution in [3.63, 3.8) is 0 Å². The summed E-state index contributed by atoms with van der Waals surface area (Å²) in [6.45, 7) is 5.11. The molecule has 0 radical (unpaired) electrons. The zero-order chi connectivity index (χ0) is 12.1. The van der Waals surface area contributed by atoms with Crippen molar-refractivity contribution in [1.82, 2.24) is 4.98 Å². The predicted molar refractivity (Wildman–Crippen MR) is 72.3 cm³/mol. The first-order valence-electron chi connectivity index (χ1n) is 5.97. The molecule has 2 aromatic rings. The van der Waals surface area contributed by atoms with Crippen LogP contribution >= 0.6 is 0 Å². The van der Waals surface area contributed by atoms with E-state index in [1.54, 1.807) is 0 Å². The van der Waals surface area contributed by atoms with Gasteiger partial charge in [0, 0.05) is 12.7 Å². The van der Waals surface area contributed by atoms with E-state index in [0.717, 1.165) is 18.8 Å². The Balaban J connectivity index is 1.90. The van der Waals surface area contributed by atoms with E-state index in [1.165, 1.54) is 16.7 Å². The van der Waals surface area contributed by atoms with Gasteiger partial charge in [-0.3, -0.25) is 0 Å². The van der Waals surface area contributed by atoms with Gasteiger partial charge in [-0.15, -0.1) is 0 Å². The van der Waals surface area contributed by atoms with Crippen LogP contribution in [-0.2, 0) is 6.42 Å². The summed E-state index contributed by atoms with van der Waals surface area (Å²) in [6, 6.07) is 12.7. The summed E-state index contributed by atoms with van der Waals surface area (Å²) < 4.78 is 0. The molecule has 0 saturated carbocycles. The molecule has 1 N–H and O–H groups in total. The molecule has 0 saturated heterocycles. The summed E-state index contributed by atoms with van der Waals surface area (Å²) in [5.41, 5.74) is 3.87. The first-order chi connectivity index (χ1) is 8.25. The van der Waals surface area contributed by atoms with Crippen molar-refractivity contribution < 1.29 is 0 Å². The Morgan fingerprint density at radius 2 is 2.00 bits per heavy atom. The molecule has 0 amide bonds. The lowest BCUT2D eigenvalue weighted by Gasteiger charge is -2.08. The largest absolute Gasteiger partial charge is 0.370 e. The quantitative estimate of drug-likeness (QED) is 0.864. The van der Waals surface area contributed by atoms with Crippen LogP contribution in [0.15, 0.2) is 42.6 Å². The first kappa shape index (κ1) is 11.6. The van der Waals surface area contributed by atoms with E-state index in [4.69, 9.17) is 0 Å². The fourth-order valence-electron chi connectivity index (χ4n) is 1.86. The molecule has 2 rings (SSSR count). The van der Waals surface area contributed by atoms with Crippen molar-refractivity contribution in [3.05, 3.63) is 59.3 Å². The maximum Gasteiger partial charge on any atom is 0.128 e. The Morgan fingerprint density at radius 1 is 1.12 bits per heavy atom. The Morgan fingerprint density at radius 3 is 2.76 bits per heavy atom. The minimum atomic E-state index is 0.918. The van der Waals surface area contributed by atoms with Crippen LogP contribution in [0.1, 0.15) is 16.7 Å². The molecule has 1 aromatic carbocycles. The van der Waals surface area contributed by atoms with Gasteiger partial charge in [0.25, 0.3) is 0 Å². The van der Waals surface area contributed by atoms with Gasteiger partial charge in [0.2, 0.25) is 0 Å². The third-order valence-electron chi connectivity index (χ3n) is 2.80. The summed E-state index contributed by atoms with van der Waals surface area (Å²) in [5, 5.41) is 3.37. The fraction of sp³-hybridized carbons (Fsp3) is 0.267. The highest BCUT2D eigenvalue weighted by atomic mass is 15.0. The van der Waals surface area contributed by atoms with E-state index < -0.39 is 0 Å². The van der Waals surface area contributed by atoms with Gasteiger partial charge in [-0.05, 0) is 37.5 Å². The number of hydrogen-bond donors (Lipinski definition) is 1. The minimum absolute atomic E-state index is 0.918. The van der Waals surface area contributed by atoms with Gasteiger partial charge in [-0.25, -0.2) is 4.98 Å². The summed E-state index contributed by atoms with van der Waals surface area (Å²) in [4.78, 5) is 4.32. The molecular weight excluding hydrogens is 208 g/mol. The van der Waals surface area contributed by atoms with Crippen molar-refractivity contribution in [3.8, 4) is 0 Å². The fourth-order valence-corrected chi connectivity index (χ4v) is 1.86. The molecule has 17 heavy (non-hydrogen) atoms. The third kappa shape index (κ3) is 3.31. The van der Waals surface area contributed by atoms with E-state index >= 15 is 0 Å². The van der Waals surface area contributed by atoms with Crippen molar-refractivity contribution in [2.75, 3.05) is 11.9 Å². The van der Waals surface area contributed by atoms with Crippen molar-refractivity contribution in [2.45, 2.75) is 20.3 Å². The second kappa shape index (κ2) is 5.48. The lowest BCUT2D eigenvalue weighted by atomic mass is 10.1. The molecule has 88 valence electrons. The monoisotopic (exact) mass is 226 g/mol. The summed E-state index contributed by atoms with van der Waals surface area (Å²) in [5.74, 6) is 0.986. The molecule has 0 aliphatic heterocycles. The van der Waals surface area contributed by atoms with Gasteiger partial charge >= 0.3 is 0 Å². The predicted octanol–water partition coefficient (Wildman–Crippen LogP) is 3.35. The third-order valence-corrected chi connectivity index (χ3v) is 2.80. The van der Waals surface area contributed by atoms with Gasteiger partial charge in [0.1, 0.15) is 5.82 Å². The van der Waals surface area contributed by atoms with Crippen LogP contribution in [-0.4, -0.2) is 11.5 Å². The van der Waals surface area contributed by atoms with E-state index in [2.05, 4.69) is 54.5 Å². The van der Waals surface area contributed by atoms with Crippen LogP contribution in [0, 0.1) is 13.8 Å². The highest BCUT2D eigenvalue weighted by Crippen LogP contribution is 2.10. The van der Waals surface area contributed by atoms with Crippen molar-refractivity contribution in [1.29, 1.82) is 0 Å². The molecule has 1 heterocycles. The molecule has 0 atom stereocenters. The highest BCUT2D eigenvalue weighted by Gasteiger charge is 1.98. The Bertz CT molecular complexity index is 492. The second-order valence-electron chi connectivity index (χ2n) is 4.33. The van der Waals surface area contributed by atoms with Crippen LogP contribution in [0.3, 0.4) is 0 Å². The number of aryl methyl sites for hydroxylation is 2. The van der Waals surface area contributed by atoms with Crippen molar-refractivity contribution in [2.24, 2.45) is 0 Å². The van der Waals surface area contributed by atoms with E-state index in [0.29, 0.717) is 0 Å². The molecule has 0 unspecified atom stereocenters. The molecule has 0 bridgehead atoms. The maximum atomic E-state index is 4.32. The summed E-state index contributed by atoms with van der Waals surface area (Å²) in [7, 11) is 0. The number of aromatic nitrogens is 1. The molecule has 0 aliphatic rings. The molecule has 2 nitrogen and oxygen atoms in total. The number of nitrogens with one attached hydrogen (secondary N) is 1. The lowest BCUT2D eigenvalue weighted by molar-refractivity contribution is 0.999. The second-order valence-corrected chi connectivity index (χ2v) is 4.33. The van der Waals surface area contributed by atoms with E-state index in [-0.39, 0.29) is 0 Å². The molecule has 1 aromatic heterocycles. The van der Waals surface area contributed by atoms with Gasteiger partial charge in [0.15, 0.2) is 0 Å². The Labute approximate surface area is 103 Å². The zero-order valence-corrected chi connectivity index (χ0v) is 10.4. The van der Waals surface area contributed by atoms with Crippen LogP contribution in [0.4, 0.5) is 5.82 Å². The first-order valence-corrected chi connectivity index (χ1v) is 5.97. The maximum absolute atomic E-state index is 4.32. The number of anilines is 1. The number of nitrogens with zero attached hydrogens (tertiary/aromatic N) is 1. The van der Waals surface area contributed by atoms with E-state index in [1.807, 2.05) is 12.3 Å². The molecule has 2 heteroatoms. The average molecular weight is 226 g/mol. The average Bonchev–Trinajstić information content (AvgIpc) is 2.32. The molecule has 0 fully saturated rings. The number of benzene rings is 1. The molecule has 0 spiro atoms. The topological polar surface area (TPSA) is 24.9 Å². The van der Waals surface area contributed by atoms with Gasteiger partial charge in [-0.1, -0.05) is 35.9 Å². The van der Waals surface area contributed by atoms with Crippen LogP contribution in [0.2, 0.25) is 0 Å². The lowest BCUT2D eigenvalue weighted by Crippen LogP contribution is -2.07. The SMILES string of the molecule is Cc1cccc(CCNc2ncccc2C)c1. The minimum Gasteiger partial charge on any atom is -0.370 e. The smallest absolute Gasteiger partial charge is 0.128 e. The zero-order valence-electron chi connectivity index (χ0n) is 10.4. The molecular formula is C15H18N2. The normalized spacial score (nSPS) is 10.2. The van der Waals surface area contributed by atoms with Gasteiger partial charge < -0.3 is 5.32 Å². The summed E-state index contributed by atoms with van der Waals surface area (Å²) in [6.07, 6.45) is 2.85. The van der Waals surface area contributed by atoms with Crippen LogP contribution < -0.4 is 5.32 Å². The van der Waals surface area contributed by atoms with Crippen LogP contribution in [0.5, 0.6) is 0 Å². The van der Waals surface area contributed by atoms with Gasteiger partial charge in [-0.2, -0.15) is 0 Å². The standard InChI is InChI=1S/C15H18N2/c1-12-5-3-7-14(11-12)8-10-17-15-13(2)6-4-9-16-15/h3-7,9,11H,8,10H2,1-2H3,(H,16,17). The highest BCUT2D eigenvalue weighted by molar-refractivity contribution is 5.42. The number of rotatable bonds is 4. The number of pyridine rings is 1. The number of hydrogen-bond acceptors (Lipinski definition) is 2. The molecule has 0 aliphatic carbocycles. The Kier molecular flexibility index (Phi) is 3.76. The van der Waals surface area contributed by atoms with Crippen molar-refractivity contribution >= 4 is 5.82 Å². The van der Waals surface area contributed by atoms with E-state index in [9.17, 15) is 0 Å². The van der Waals surface area contributed by atoms with Crippen LogP contribution in [0.25, 0.3) is 0 Å².